The van der Waals surface area contributed by atoms with Gasteiger partial charge in [0, 0.05) is 30.7 Å². The molecule has 2 aromatic rings. The van der Waals surface area contributed by atoms with Crippen molar-refractivity contribution in [2.75, 3.05) is 13.1 Å². The van der Waals surface area contributed by atoms with E-state index in [1.807, 2.05) is 30.3 Å². The molecule has 0 aliphatic carbocycles. The molecule has 17 heavy (non-hydrogen) atoms. The van der Waals surface area contributed by atoms with Gasteiger partial charge in [-0.15, -0.1) is 0 Å². The van der Waals surface area contributed by atoms with Crippen LogP contribution in [0.1, 0.15) is 0 Å². The van der Waals surface area contributed by atoms with E-state index in [9.17, 15) is 0 Å². The van der Waals surface area contributed by atoms with Crippen LogP contribution < -0.4 is 62.9 Å². The molecule has 0 bridgehead atoms. The maximum absolute atomic E-state index is 4.97. The molecular weight excluding hydrogens is 239 g/mol. The summed E-state index contributed by atoms with van der Waals surface area (Å²) in [6.07, 6.45) is 5.32. The quantitative estimate of drug-likeness (QED) is 0.575. The van der Waals surface area contributed by atoms with Gasteiger partial charge in [-0.25, -0.2) is 0 Å². The Morgan fingerprint density at radius 1 is 1.06 bits per heavy atom. The van der Waals surface area contributed by atoms with Gasteiger partial charge in [0.25, 0.3) is 0 Å². The molecule has 0 unspecified atom stereocenters. The summed E-state index contributed by atoms with van der Waals surface area (Å²) in [6.45, 7) is 1.56. The Labute approximate surface area is 144 Å². The van der Waals surface area contributed by atoms with E-state index in [2.05, 4.69) is 15.7 Å². The van der Waals surface area contributed by atoms with Crippen LogP contribution in [0.2, 0.25) is 0 Å². The molecule has 0 saturated heterocycles. The van der Waals surface area contributed by atoms with Gasteiger partial charge >= 0.3 is 51.4 Å². The summed E-state index contributed by atoms with van der Waals surface area (Å²) in [7, 11) is 0. The van der Waals surface area contributed by atoms with Crippen LogP contribution in [0.4, 0.5) is 0 Å². The van der Waals surface area contributed by atoms with Gasteiger partial charge in [-0.05, 0) is 24.3 Å². The fraction of sp³-hybridized carbons (Fsp3) is 0.167. The van der Waals surface area contributed by atoms with Crippen LogP contribution in [0.25, 0.3) is 11.3 Å². The van der Waals surface area contributed by atoms with Crippen LogP contribution in [-0.2, 0) is 0 Å². The predicted molar refractivity (Wildman–Crippen MR) is 64.3 cm³/mol. The van der Waals surface area contributed by atoms with E-state index < -0.39 is 0 Å². The second-order valence-corrected chi connectivity index (χ2v) is 3.09. The van der Waals surface area contributed by atoms with Gasteiger partial charge in [0.15, 0.2) is 0 Å². The zero-order chi connectivity index (χ0) is 11.6. The first-order chi connectivity index (χ1) is 7.88. The number of rotatable bonds is 2. The normalized spacial score (nSPS) is 8.59. The minimum atomic E-state index is 0. The summed E-state index contributed by atoms with van der Waals surface area (Å²) < 4.78 is 0. The molecule has 0 radical (unpaired) electrons. The van der Waals surface area contributed by atoms with Crippen molar-refractivity contribution < 1.29 is 57.1 Å². The zero-order valence-electron chi connectivity index (χ0n) is 10.2. The van der Waals surface area contributed by atoms with Gasteiger partial charge < -0.3 is 11.5 Å². The first kappa shape index (κ1) is 16.9. The minimum absolute atomic E-state index is 0. The Balaban J connectivity index is 0.000000453. The van der Waals surface area contributed by atoms with E-state index in [1.165, 1.54) is 0 Å². The van der Waals surface area contributed by atoms with E-state index in [1.54, 1.807) is 18.6 Å². The van der Waals surface area contributed by atoms with Gasteiger partial charge in [0.1, 0.15) is 0 Å². The summed E-state index contributed by atoms with van der Waals surface area (Å²) >= 11 is 0. The second kappa shape index (κ2) is 11.0. The van der Waals surface area contributed by atoms with E-state index in [0.29, 0.717) is 6.54 Å². The molecule has 2 heterocycles. The monoisotopic (exact) mass is 256 g/mol. The third-order valence-corrected chi connectivity index (χ3v) is 1.85. The van der Waals surface area contributed by atoms with Crippen LogP contribution in [-0.4, -0.2) is 23.1 Å². The summed E-state index contributed by atoms with van der Waals surface area (Å²) in [5, 5.41) is 0. The number of nitrogens with two attached hydrogens (primary N) is 1. The van der Waals surface area contributed by atoms with Crippen molar-refractivity contribution in [1.29, 1.82) is 0 Å². The van der Waals surface area contributed by atoms with Crippen molar-refractivity contribution in [3.63, 3.8) is 0 Å². The van der Waals surface area contributed by atoms with Crippen molar-refractivity contribution in [1.82, 2.24) is 9.97 Å². The molecule has 5 heteroatoms. The SMILES string of the molecule is NCC[NH3+].[K+].c1ccc(-c2ccncc2)nc1. The number of hydrogen-bond donors (Lipinski definition) is 2. The third kappa shape index (κ3) is 7.00. The predicted octanol–water partition coefficient (Wildman–Crippen LogP) is -2.67. The second-order valence-electron chi connectivity index (χ2n) is 3.09. The Morgan fingerprint density at radius 2 is 1.71 bits per heavy atom. The molecule has 5 N–H and O–H groups in total. The Kier molecular flexibility index (Phi) is 10.9. The van der Waals surface area contributed by atoms with Crippen molar-refractivity contribution in [3.8, 4) is 11.3 Å². The van der Waals surface area contributed by atoms with Crippen molar-refractivity contribution in [3.05, 3.63) is 48.9 Å². The topological polar surface area (TPSA) is 79.4 Å². The maximum atomic E-state index is 4.97. The summed E-state index contributed by atoms with van der Waals surface area (Å²) in [6, 6.07) is 9.76. The molecule has 2 aromatic heterocycles. The molecule has 84 valence electrons. The van der Waals surface area contributed by atoms with Crippen LogP contribution >= 0.6 is 0 Å². The number of hydrogen-bond acceptors (Lipinski definition) is 3. The molecule has 0 saturated carbocycles. The molecule has 0 aliphatic heterocycles. The van der Waals surface area contributed by atoms with Crippen molar-refractivity contribution in [2.45, 2.75) is 0 Å². The molecule has 0 spiro atoms. The van der Waals surface area contributed by atoms with Crippen LogP contribution in [0.15, 0.2) is 48.9 Å². The van der Waals surface area contributed by atoms with E-state index in [0.717, 1.165) is 17.8 Å². The Morgan fingerprint density at radius 3 is 2.18 bits per heavy atom. The molecule has 4 nitrogen and oxygen atoms in total. The minimum Gasteiger partial charge on any atom is -0.357 e. The summed E-state index contributed by atoms with van der Waals surface area (Å²) in [4.78, 5) is 8.16. The fourth-order valence-corrected chi connectivity index (χ4v) is 1.06. The van der Waals surface area contributed by atoms with Gasteiger partial charge in [-0.2, -0.15) is 0 Å². The van der Waals surface area contributed by atoms with Crippen molar-refractivity contribution >= 4 is 0 Å². The van der Waals surface area contributed by atoms with Crippen LogP contribution in [0, 0.1) is 0 Å². The van der Waals surface area contributed by atoms with E-state index in [-0.39, 0.29) is 51.4 Å². The first-order valence-corrected chi connectivity index (χ1v) is 5.19. The average Bonchev–Trinajstić information content (AvgIpc) is 2.41. The molecule has 2 rings (SSSR count). The molecule has 0 atom stereocenters. The molecule has 0 amide bonds. The largest absolute Gasteiger partial charge is 1.00 e. The van der Waals surface area contributed by atoms with Crippen molar-refractivity contribution in [2.24, 2.45) is 5.73 Å². The standard InChI is InChI=1S/C10H8N2.C2H8N2.K/c1-2-6-12-10(3-1)9-4-7-11-8-5-9;3-1-2-4;/h1-8H;1-4H2;/q;;+1/p+1. The number of nitrogens with zero attached hydrogens (tertiary/aromatic N) is 2. The number of quaternary nitrogens is 1. The molecule has 0 aliphatic rings. The third-order valence-electron chi connectivity index (χ3n) is 1.85. The number of aromatic nitrogens is 2. The summed E-state index contributed by atoms with van der Waals surface area (Å²) in [5.41, 5.74) is 10.5. The first-order valence-electron chi connectivity index (χ1n) is 5.19. The van der Waals surface area contributed by atoms with Gasteiger partial charge in [-0.3, -0.25) is 9.97 Å². The van der Waals surface area contributed by atoms with Gasteiger partial charge in [0.2, 0.25) is 0 Å². The van der Waals surface area contributed by atoms with E-state index >= 15 is 0 Å². The van der Waals surface area contributed by atoms with Crippen LogP contribution in [0.3, 0.4) is 0 Å². The Hall–Kier alpha value is -0.144. The maximum Gasteiger partial charge on any atom is 1.00 e. The van der Waals surface area contributed by atoms with Gasteiger partial charge in [-0.1, -0.05) is 6.07 Å². The fourth-order valence-electron chi connectivity index (χ4n) is 1.06. The Bertz CT molecular complexity index is 341. The molecule has 0 aromatic carbocycles. The average molecular weight is 256 g/mol. The van der Waals surface area contributed by atoms with Gasteiger partial charge in [0.05, 0.1) is 12.2 Å². The zero-order valence-corrected chi connectivity index (χ0v) is 13.3. The van der Waals surface area contributed by atoms with Crippen LogP contribution in [0.5, 0.6) is 0 Å². The summed E-state index contributed by atoms with van der Waals surface area (Å²) in [5.74, 6) is 0. The van der Waals surface area contributed by atoms with E-state index in [4.69, 9.17) is 5.73 Å². The number of pyridine rings is 2. The smallest absolute Gasteiger partial charge is 0.357 e. The molecule has 0 fully saturated rings. The molecular formula is C12H17KN4+2.